The molecule has 0 aliphatic carbocycles. The van der Waals surface area contributed by atoms with E-state index in [1.165, 1.54) is 57.8 Å². The summed E-state index contributed by atoms with van der Waals surface area (Å²) in [6, 6.07) is 0. The van der Waals surface area contributed by atoms with Gasteiger partial charge in [0.15, 0.2) is 0 Å². The second-order valence-corrected chi connectivity index (χ2v) is 9.20. The summed E-state index contributed by atoms with van der Waals surface area (Å²) in [6.45, 7) is 7.67. The van der Waals surface area contributed by atoms with Gasteiger partial charge in [-0.15, -0.1) is 0 Å². The molecule has 11 heteroatoms. The van der Waals surface area contributed by atoms with Gasteiger partial charge in [-0.25, -0.2) is 4.18 Å². The highest BCUT2D eigenvalue weighted by atomic mass is 32.3. The molecule has 212 valence electrons. The van der Waals surface area contributed by atoms with Crippen LogP contribution in [0.15, 0.2) is 0 Å². The van der Waals surface area contributed by atoms with Gasteiger partial charge in [0.2, 0.25) is 0 Å². The molecule has 10 nitrogen and oxygen atoms in total. The summed E-state index contributed by atoms with van der Waals surface area (Å²) >= 11 is 0. The van der Waals surface area contributed by atoms with Gasteiger partial charge in [0.25, 0.3) is 0 Å². The summed E-state index contributed by atoms with van der Waals surface area (Å²) in [5, 5.41) is 0. The van der Waals surface area contributed by atoms with E-state index in [1.54, 1.807) is 0 Å². The van der Waals surface area contributed by atoms with E-state index in [9.17, 15) is 8.42 Å². The zero-order valence-electron chi connectivity index (χ0n) is 21.8. The summed E-state index contributed by atoms with van der Waals surface area (Å²) in [4.78, 5) is 0. The summed E-state index contributed by atoms with van der Waals surface area (Å²) in [5.41, 5.74) is 0. The van der Waals surface area contributed by atoms with Crippen molar-refractivity contribution in [3.8, 4) is 0 Å². The molecule has 0 aromatic heterocycles. The smallest absolute Gasteiger partial charge is 0.379 e. The average molecular weight is 531 g/mol. The number of hydrogen-bond donors (Lipinski definition) is 1. The molecule has 0 radical (unpaired) electrons. The molecule has 0 saturated carbocycles. The van der Waals surface area contributed by atoms with E-state index in [0.29, 0.717) is 66.1 Å². The SMILES string of the molecule is CCCCCCCCCCCCOCCOCCOCCOCCOCCOCCOS(=O)(=O)O. The fraction of sp³-hybridized carbons (Fsp3) is 1.00. The molecule has 0 rings (SSSR count). The van der Waals surface area contributed by atoms with Crippen LogP contribution in [0.2, 0.25) is 0 Å². The van der Waals surface area contributed by atoms with Crippen molar-refractivity contribution in [1.29, 1.82) is 0 Å². The van der Waals surface area contributed by atoms with Gasteiger partial charge in [0.1, 0.15) is 0 Å². The van der Waals surface area contributed by atoms with Crippen LogP contribution in [0, 0.1) is 0 Å². The minimum atomic E-state index is -4.40. The van der Waals surface area contributed by atoms with Gasteiger partial charge in [0.05, 0.1) is 79.3 Å². The van der Waals surface area contributed by atoms with Crippen LogP contribution in [-0.4, -0.2) is 98.9 Å². The Bertz CT molecular complexity index is 505. The van der Waals surface area contributed by atoms with E-state index in [-0.39, 0.29) is 13.2 Å². The van der Waals surface area contributed by atoms with E-state index in [0.717, 1.165) is 13.0 Å². The molecule has 0 fully saturated rings. The number of unbranched alkanes of at least 4 members (excludes halogenated alkanes) is 9. The minimum Gasteiger partial charge on any atom is -0.379 e. The van der Waals surface area contributed by atoms with Crippen molar-refractivity contribution in [1.82, 2.24) is 0 Å². The van der Waals surface area contributed by atoms with E-state index < -0.39 is 10.4 Å². The van der Waals surface area contributed by atoms with Gasteiger partial charge in [-0.05, 0) is 6.42 Å². The Hall–Kier alpha value is -0.370. The second-order valence-electron chi connectivity index (χ2n) is 8.11. The first-order valence-electron chi connectivity index (χ1n) is 13.1. The molecule has 0 spiro atoms. The third kappa shape index (κ3) is 33.6. The average Bonchev–Trinajstić information content (AvgIpc) is 2.82. The fourth-order valence-electron chi connectivity index (χ4n) is 3.09. The van der Waals surface area contributed by atoms with Crippen LogP contribution in [0.4, 0.5) is 0 Å². The van der Waals surface area contributed by atoms with Crippen molar-refractivity contribution in [3.05, 3.63) is 0 Å². The summed E-state index contributed by atoms with van der Waals surface area (Å²) < 4.78 is 65.3. The normalized spacial score (nSPS) is 11.9. The molecule has 0 unspecified atom stereocenters. The van der Waals surface area contributed by atoms with Crippen LogP contribution < -0.4 is 0 Å². The first-order valence-corrected chi connectivity index (χ1v) is 14.5. The molecule has 0 aliphatic heterocycles. The molecule has 0 atom stereocenters. The maximum Gasteiger partial charge on any atom is 0.397 e. The predicted molar refractivity (Wildman–Crippen MR) is 134 cm³/mol. The third-order valence-corrected chi connectivity index (χ3v) is 5.43. The van der Waals surface area contributed by atoms with Gasteiger partial charge >= 0.3 is 10.4 Å². The molecular formula is C24H50O10S. The van der Waals surface area contributed by atoms with E-state index in [1.807, 2.05) is 0 Å². The van der Waals surface area contributed by atoms with Crippen LogP contribution in [0.25, 0.3) is 0 Å². The van der Waals surface area contributed by atoms with Crippen molar-refractivity contribution < 1.29 is 45.6 Å². The third-order valence-electron chi connectivity index (χ3n) is 4.96. The largest absolute Gasteiger partial charge is 0.397 e. The maximum atomic E-state index is 10.3. The highest BCUT2D eigenvalue weighted by Gasteiger charge is 2.02. The number of hydrogen-bond acceptors (Lipinski definition) is 9. The first-order chi connectivity index (χ1) is 17.1. The number of rotatable bonds is 30. The molecule has 0 amide bonds. The summed E-state index contributed by atoms with van der Waals surface area (Å²) in [6.07, 6.45) is 13.3. The van der Waals surface area contributed by atoms with Crippen LogP contribution in [-0.2, 0) is 43.0 Å². The minimum absolute atomic E-state index is 0.0487. The molecular weight excluding hydrogens is 480 g/mol. The topological polar surface area (TPSA) is 119 Å². The van der Waals surface area contributed by atoms with E-state index in [4.69, 9.17) is 33.0 Å². The summed E-state index contributed by atoms with van der Waals surface area (Å²) in [5.74, 6) is 0. The predicted octanol–water partition coefficient (Wildman–Crippen LogP) is 3.83. The fourth-order valence-corrected chi connectivity index (χ4v) is 3.37. The lowest BCUT2D eigenvalue weighted by atomic mass is 10.1. The van der Waals surface area contributed by atoms with Crippen LogP contribution in [0.1, 0.15) is 71.1 Å². The molecule has 0 aromatic rings. The Morgan fingerprint density at radius 2 is 0.714 bits per heavy atom. The Morgan fingerprint density at radius 1 is 0.429 bits per heavy atom. The van der Waals surface area contributed by atoms with Gasteiger partial charge < -0.3 is 28.4 Å². The van der Waals surface area contributed by atoms with Crippen LogP contribution >= 0.6 is 0 Å². The molecule has 0 saturated heterocycles. The van der Waals surface area contributed by atoms with Gasteiger partial charge in [-0.2, -0.15) is 8.42 Å². The zero-order valence-corrected chi connectivity index (χ0v) is 22.6. The van der Waals surface area contributed by atoms with Crippen molar-refractivity contribution in [2.75, 3.05) is 85.9 Å². The highest BCUT2D eigenvalue weighted by Crippen LogP contribution is 2.10. The zero-order chi connectivity index (χ0) is 25.7. The standard InChI is InChI=1S/C24H50O10S/c1-2-3-4-5-6-7-8-9-10-11-12-28-13-14-29-15-16-30-17-18-31-19-20-32-21-22-33-23-24-34-35(25,26)27/h2-24H2,1H3,(H,25,26,27). The lowest BCUT2D eigenvalue weighted by Crippen LogP contribution is -2.15. The molecule has 0 bridgehead atoms. The molecule has 0 aromatic carbocycles. The molecule has 0 aliphatic rings. The van der Waals surface area contributed by atoms with Crippen molar-refractivity contribution in [2.45, 2.75) is 71.1 Å². The lowest BCUT2D eigenvalue weighted by molar-refractivity contribution is -0.0179. The maximum absolute atomic E-state index is 10.3. The van der Waals surface area contributed by atoms with Gasteiger partial charge in [0, 0.05) is 6.61 Å². The Balaban J connectivity index is 3.04. The molecule has 0 heterocycles. The monoisotopic (exact) mass is 530 g/mol. The van der Waals surface area contributed by atoms with Crippen molar-refractivity contribution in [2.24, 2.45) is 0 Å². The first kappa shape index (κ1) is 34.6. The lowest BCUT2D eigenvalue weighted by Gasteiger charge is -2.08. The van der Waals surface area contributed by atoms with E-state index >= 15 is 0 Å². The Morgan fingerprint density at radius 3 is 1.06 bits per heavy atom. The van der Waals surface area contributed by atoms with E-state index in [2.05, 4.69) is 11.1 Å². The molecule has 35 heavy (non-hydrogen) atoms. The second kappa shape index (κ2) is 28.2. The summed E-state index contributed by atoms with van der Waals surface area (Å²) in [7, 11) is -4.40. The van der Waals surface area contributed by atoms with Crippen LogP contribution in [0.3, 0.4) is 0 Å². The van der Waals surface area contributed by atoms with Gasteiger partial charge in [-0.3, -0.25) is 4.55 Å². The highest BCUT2D eigenvalue weighted by molar-refractivity contribution is 7.80. The quantitative estimate of drug-likeness (QED) is 0.108. The Kier molecular flexibility index (Phi) is 27.9. The number of ether oxygens (including phenoxy) is 6. The van der Waals surface area contributed by atoms with Crippen LogP contribution in [0.5, 0.6) is 0 Å². The van der Waals surface area contributed by atoms with Crippen molar-refractivity contribution in [3.63, 3.8) is 0 Å². The Labute approximate surface area is 213 Å². The van der Waals surface area contributed by atoms with Gasteiger partial charge in [-0.1, -0.05) is 64.7 Å². The molecule has 1 N–H and O–H groups in total. The van der Waals surface area contributed by atoms with Crippen molar-refractivity contribution >= 4 is 10.4 Å².